The smallest absolute Gasteiger partial charge is 0.128 e. The third-order valence-corrected chi connectivity index (χ3v) is 3.95. The summed E-state index contributed by atoms with van der Waals surface area (Å²) in [5, 5.41) is 1.22. The molecule has 1 heterocycles. The van der Waals surface area contributed by atoms with Crippen molar-refractivity contribution in [2.45, 2.75) is 6.61 Å². The van der Waals surface area contributed by atoms with E-state index in [0.29, 0.717) is 6.61 Å². The van der Waals surface area contributed by atoms with Crippen molar-refractivity contribution in [1.29, 1.82) is 0 Å². The number of nitrogens with zero attached hydrogens (tertiary/aromatic N) is 1. The second-order valence-electron chi connectivity index (χ2n) is 4.47. The molecule has 2 nitrogen and oxygen atoms in total. The van der Waals surface area contributed by atoms with E-state index in [1.165, 1.54) is 10.9 Å². The van der Waals surface area contributed by atoms with Crippen LogP contribution in [0.2, 0.25) is 0 Å². The minimum absolute atomic E-state index is 0.571. The Hall–Kier alpha value is -1.74. The molecule has 0 bridgehead atoms. The normalized spacial score (nSPS) is 10.8. The Morgan fingerprint density at radius 3 is 2.58 bits per heavy atom. The van der Waals surface area contributed by atoms with Crippen LogP contribution in [0.3, 0.4) is 0 Å². The maximum atomic E-state index is 5.81. The summed E-state index contributed by atoms with van der Waals surface area (Å²) >= 11 is 3.59. The van der Waals surface area contributed by atoms with Gasteiger partial charge in [0.25, 0.3) is 0 Å². The van der Waals surface area contributed by atoms with E-state index < -0.39 is 0 Å². The first-order chi connectivity index (χ1) is 9.25. The highest BCUT2D eigenvalue weighted by Crippen LogP contribution is 2.27. The zero-order valence-corrected chi connectivity index (χ0v) is 12.2. The third kappa shape index (κ3) is 2.38. The Balaban J connectivity index is 1.89. The van der Waals surface area contributed by atoms with E-state index >= 15 is 0 Å². The average molecular weight is 316 g/mol. The van der Waals surface area contributed by atoms with Crippen molar-refractivity contribution in [2.75, 3.05) is 0 Å². The predicted octanol–water partition coefficient (Wildman–Crippen LogP) is 4.52. The number of rotatable bonds is 3. The molecule has 0 aliphatic carbocycles. The van der Waals surface area contributed by atoms with E-state index in [-0.39, 0.29) is 0 Å². The monoisotopic (exact) mass is 315 g/mol. The molecule has 0 saturated heterocycles. The van der Waals surface area contributed by atoms with Gasteiger partial charge < -0.3 is 9.30 Å². The molecular formula is C16H14BrNO. The molecule has 0 fully saturated rings. The summed E-state index contributed by atoms with van der Waals surface area (Å²) in [6, 6.07) is 18.3. The zero-order chi connectivity index (χ0) is 13.2. The zero-order valence-electron chi connectivity index (χ0n) is 10.6. The molecule has 0 spiro atoms. The summed E-state index contributed by atoms with van der Waals surface area (Å²) < 4.78 is 9.09. The number of fused-ring (bicyclic) bond motifs is 1. The second-order valence-corrected chi connectivity index (χ2v) is 5.32. The quantitative estimate of drug-likeness (QED) is 0.693. The van der Waals surface area contributed by atoms with Crippen molar-refractivity contribution in [3.63, 3.8) is 0 Å². The number of benzene rings is 2. The lowest BCUT2D eigenvalue weighted by atomic mass is 10.2. The molecule has 3 heteroatoms. The van der Waals surface area contributed by atoms with Crippen LogP contribution in [-0.4, -0.2) is 4.57 Å². The van der Waals surface area contributed by atoms with Crippen molar-refractivity contribution in [3.8, 4) is 5.75 Å². The predicted molar refractivity (Wildman–Crippen MR) is 81.4 cm³/mol. The van der Waals surface area contributed by atoms with Crippen LogP contribution < -0.4 is 4.74 Å². The van der Waals surface area contributed by atoms with Gasteiger partial charge in [-0.3, -0.25) is 0 Å². The molecule has 19 heavy (non-hydrogen) atoms. The van der Waals surface area contributed by atoms with Gasteiger partial charge in [-0.1, -0.05) is 40.2 Å². The first-order valence-corrected chi connectivity index (χ1v) is 6.95. The Bertz CT molecular complexity index is 703. The Kier molecular flexibility index (Phi) is 3.30. The summed E-state index contributed by atoms with van der Waals surface area (Å²) in [7, 11) is 2.07. The van der Waals surface area contributed by atoms with E-state index in [1.807, 2.05) is 36.4 Å². The number of ether oxygens (including phenoxy) is 1. The Morgan fingerprint density at radius 1 is 1.05 bits per heavy atom. The lowest BCUT2D eigenvalue weighted by molar-refractivity contribution is 0.298. The van der Waals surface area contributed by atoms with Crippen molar-refractivity contribution in [1.82, 2.24) is 4.57 Å². The summed E-state index contributed by atoms with van der Waals surface area (Å²) in [4.78, 5) is 0. The minimum Gasteiger partial charge on any atom is -0.487 e. The van der Waals surface area contributed by atoms with Crippen LogP contribution in [0.1, 0.15) is 5.69 Å². The number of aryl methyl sites for hydroxylation is 1. The van der Waals surface area contributed by atoms with Gasteiger partial charge in [-0.15, -0.1) is 0 Å². The molecule has 0 radical (unpaired) electrons. The van der Waals surface area contributed by atoms with Crippen molar-refractivity contribution < 1.29 is 4.74 Å². The molecule has 0 unspecified atom stereocenters. The van der Waals surface area contributed by atoms with Gasteiger partial charge in [-0.2, -0.15) is 0 Å². The molecule has 96 valence electrons. The van der Waals surface area contributed by atoms with Crippen LogP contribution in [-0.2, 0) is 13.7 Å². The molecule has 0 aliphatic heterocycles. The van der Waals surface area contributed by atoms with Crippen LogP contribution in [0, 0.1) is 0 Å². The standard InChI is InChI=1S/C16H14BrNO/c1-18-12(11-19-13-6-3-2-4-7-13)10-14-15(17)8-5-9-16(14)18/h2-10H,11H2,1H3. The largest absolute Gasteiger partial charge is 0.487 e. The van der Waals surface area contributed by atoms with Gasteiger partial charge >= 0.3 is 0 Å². The van der Waals surface area contributed by atoms with Gasteiger partial charge in [0.15, 0.2) is 0 Å². The average Bonchev–Trinajstić information content (AvgIpc) is 2.77. The fraction of sp³-hybridized carbons (Fsp3) is 0.125. The lowest BCUT2D eigenvalue weighted by Crippen LogP contribution is -2.01. The van der Waals surface area contributed by atoms with Crippen LogP contribution in [0.4, 0.5) is 0 Å². The van der Waals surface area contributed by atoms with E-state index in [2.05, 4.69) is 45.7 Å². The number of aromatic nitrogens is 1. The lowest BCUT2D eigenvalue weighted by Gasteiger charge is -2.07. The Labute approximate surface area is 120 Å². The van der Waals surface area contributed by atoms with Crippen LogP contribution in [0.5, 0.6) is 5.75 Å². The van der Waals surface area contributed by atoms with Crippen LogP contribution in [0.25, 0.3) is 10.9 Å². The van der Waals surface area contributed by atoms with Gasteiger partial charge in [0.1, 0.15) is 12.4 Å². The van der Waals surface area contributed by atoms with Crippen molar-refractivity contribution in [3.05, 3.63) is 64.8 Å². The van der Waals surface area contributed by atoms with Crippen molar-refractivity contribution in [2.24, 2.45) is 7.05 Å². The van der Waals surface area contributed by atoms with E-state index in [0.717, 1.165) is 15.9 Å². The molecule has 3 rings (SSSR count). The molecule has 0 saturated carbocycles. The number of hydrogen-bond donors (Lipinski definition) is 0. The fourth-order valence-electron chi connectivity index (χ4n) is 2.19. The number of para-hydroxylation sites is 1. The first kappa shape index (κ1) is 12.3. The SMILES string of the molecule is Cn1c(COc2ccccc2)cc2c(Br)cccc21. The second kappa shape index (κ2) is 5.10. The van der Waals surface area contributed by atoms with Gasteiger partial charge in [0, 0.05) is 22.4 Å². The summed E-state index contributed by atoms with van der Waals surface area (Å²) in [5.41, 5.74) is 2.37. The molecule has 2 aromatic carbocycles. The topological polar surface area (TPSA) is 14.2 Å². The van der Waals surface area contributed by atoms with Gasteiger partial charge in [0.2, 0.25) is 0 Å². The molecular weight excluding hydrogens is 302 g/mol. The maximum Gasteiger partial charge on any atom is 0.128 e. The van der Waals surface area contributed by atoms with Crippen LogP contribution in [0.15, 0.2) is 59.1 Å². The summed E-state index contributed by atoms with van der Waals surface area (Å²) in [6.45, 7) is 0.571. The first-order valence-electron chi connectivity index (χ1n) is 6.16. The molecule has 3 aromatic rings. The van der Waals surface area contributed by atoms with Gasteiger partial charge in [-0.05, 0) is 30.3 Å². The van der Waals surface area contributed by atoms with E-state index in [4.69, 9.17) is 4.74 Å². The summed E-state index contributed by atoms with van der Waals surface area (Å²) in [6.07, 6.45) is 0. The van der Waals surface area contributed by atoms with Crippen molar-refractivity contribution >= 4 is 26.8 Å². The number of hydrogen-bond acceptors (Lipinski definition) is 1. The van der Waals surface area contributed by atoms with Gasteiger partial charge in [-0.25, -0.2) is 0 Å². The molecule has 0 aliphatic rings. The molecule has 0 amide bonds. The summed E-state index contributed by atoms with van der Waals surface area (Å²) in [5.74, 6) is 0.895. The maximum absolute atomic E-state index is 5.81. The third-order valence-electron chi connectivity index (χ3n) is 3.26. The highest BCUT2D eigenvalue weighted by Gasteiger charge is 2.08. The highest BCUT2D eigenvalue weighted by molar-refractivity contribution is 9.10. The molecule has 0 atom stereocenters. The molecule has 1 aromatic heterocycles. The number of halogens is 1. The van der Waals surface area contributed by atoms with Gasteiger partial charge in [0.05, 0.1) is 5.69 Å². The minimum atomic E-state index is 0.571. The fourth-order valence-corrected chi connectivity index (χ4v) is 2.66. The highest BCUT2D eigenvalue weighted by atomic mass is 79.9. The van der Waals surface area contributed by atoms with E-state index in [1.54, 1.807) is 0 Å². The van der Waals surface area contributed by atoms with E-state index in [9.17, 15) is 0 Å². The van der Waals surface area contributed by atoms with Crippen LogP contribution >= 0.6 is 15.9 Å². The Morgan fingerprint density at radius 2 is 1.84 bits per heavy atom. The molecule has 0 N–H and O–H groups in total.